The number of nitrogens with zero attached hydrogens (tertiary/aromatic N) is 1. The fraction of sp³-hybridized carbons (Fsp3) is 0.154. The van der Waals surface area contributed by atoms with Crippen LogP contribution in [-0.4, -0.2) is 22.5 Å². The highest BCUT2D eigenvalue weighted by molar-refractivity contribution is 5.92. The molecular weight excluding hydrogens is 386 g/mol. The monoisotopic (exact) mass is 411 g/mol. The van der Waals surface area contributed by atoms with E-state index in [0.717, 1.165) is 45.8 Å². The third kappa shape index (κ3) is 5.60. The summed E-state index contributed by atoms with van der Waals surface area (Å²) in [5.74, 6) is 0.809. The summed E-state index contributed by atoms with van der Waals surface area (Å²) in [7, 11) is 0. The minimum atomic E-state index is -0.0166. The summed E-state index contributed by atoms with van der Waals surface area (Å²) in [4.78, 5) is 19.5. The first kappa shape index (κ1) is 20.4. The Kier molecular flexibility index (Phi) is 6.43. The number of carbonyl (C=O) groups is 1. The second-order valence-electron chi connectivity index (χ2n) is 7.47. The van der Waals surface area contributed by atoms with Crippen LogP contribution in [0.4, 0.5) is 5.69 Å². The van der Waals surface area contributed by atoms with Crippen molar-refractivity contribution in [2.24, 2.45) is 0 Å². The average molecular weight is 412 g/mol. The van der Waals surface area contributed by atoms with Crippen molar-refractivity contribution in [2.45, 2.75) is 19.8 Å². The van der Waals surface area contributed by atoms with Gasteiger partial charge in [0.2, 0.25) is 5.91 Å². The first-order valence-electron chi connectivity index (χ1n) is 10.3. The molecule has 3 aromatic carbocycles. The molecule has 4 aromatic rings. The minimum absolute atomic E-state index is 0.0166. The molecule has 0 fully saturated rings. The number of aromatic nitrogens is 2. The highest BCUT2D eigenvalue weighted by Gasteiger charge is 2.07. The Balaban J connectivity index is 1.29. The van der Waals surface area contributed by atoms with Gasteiger partial charge >= 0.3 is 0 Å². The van der Waals surface area contributed by atoms with Crippen molar-refractivity contribution in [3.05, 3.63) is 102 Å². The van der Waals surface area contributed by atoms with Gasteiger partial charge in [-0.1, -0.05) is 54.1 Å². The van der Waals surface area contributed by atoms with E-state index in [1.807, 2.05) is 79.7 Å². The molecule has 156 valence electrons. The molecule has 0 spiro atoms. The molecule has 0 saturated heterocycles. The Morgan fingerprint density at radius 3 is 2.61 bits per heavy atom. The standard InChI is InChI=1S/C26H25N3O2/c1-19-5-4-6-21(15-19)16-26(30)29-22-11-9-20(10-12-22)13-14-31-25-8-3-2-7-23(25)24-17-27-18-28-24/h2-12,15,17-18H,13-14,16H2,1H3,(H,27,28)(H,29,30). The van der Waals surface area contributed by atoms with Gasteiger partial charge in [0, 0.05) is 17.7 Å². The third-order valence-corrected chi connectivity index (χ3v) is 5.01. The number of hydrogen-bond donors (Lipinski definition) is 2. The molecule has 4 rings (SSSR count). The van der Waals surface area contributed by atoms with Gasteiger partial charge in [-0.2, -0.15) is 0 Å². The lowest BCUT2D eigenvalue weighted by molar-refractivity contribution is -0.115. The summed E-state index contributed by atoms with van der Waals surface area (Å²) in [5, 5.41) is 2.96. The van der Waals surface area contributed by atoms with E-state index in [9.17, 15) is 4.79 Å². The van der Waals surface area contributed by atoms with Crippen molar-refractivity contribution < 1.29 is 9.53 Å². The number of rotatable bonds is 8. The largest absolute Gasteiger partial charge is 0.493 e. The molecule has 0 unspecified atom stereocenters. The van der Waals surface area contributed by atoms with Gasteiger partial charge in [-0.05, 0) is 42.3 Å². The van der Waals surface area contributed by atoms with Crippen LogP contribution < -0.4 is 10.1 Å². The van der Waals surface area contributed by atoms with Crippen LogP contribution in [0.2, 0.25) is 0 Å². The Morgan fingerprint density at radius 1 is 1.00 bits per heavy atom. The second kappa shape index (κ2) is 9.76. The maximum Gasteiger partial charge on any atom is 0.228 e. The van der Waals surface area contributed by atoms with E-state index in [4.69, 9.17) is 4.74 Å². The normalized spacial score (nSPS) is 10.6. The topological polar surface area (TPSA) is 67.0 Å². The molecule has 0 saturated carbocycles. The molecular formula is C26H25N3O2. The number of anilines is 1. The zero-order chi connectivity index (χ0) is 21.5. The Hall–Kier alpha value is -3.86. The Bertz CT molecular complexity index is 1140. The number of aryl methyl sites for hydroxylation is 1. The lowest BCUT2D eigenvalue weighted by Crippen LogP contribution is -2.14. The van der Waals surface area contributed by atoms with Crippen LogP contribution in [0, 0.1) is 6.92 Å². The van der Waals surface area contributed by atoms with Crippen LogP contribution in [0.5, 0.6) is 5.75 Å². The molecule has 0 aliphatic rings. The summed E-state index contributed by atoms with van der Waals surface area (Å²) in [6.07, 6.45) is 4.59. The minimum Gasteiger partial charge on any atom is -0.493 e. The number of imidazole rings is 1. The van der Waals surface area contributed by atoms with E-state index in [2.05, 4.69) is 15.3 Å². The van der Waals surface area contributed by atoms with Crippen molar-refractivity contribution in [1.29, 1.82) is 0 Å². The lowest BCUT2D eigenvalue weighted by atomic mass is 10.1. The van der Waals surface area contributed by atoms with Crippen LogP contribution in [0.15, 0.2) is 85.3 Å². The van der Waals surface area contributed by atoms with Crippen molar-refractivity contribution in [1.82, 2.24) is 9.97 Å². The van der Waals surface area contributed by atoms with E-state index < -0.39 is 0 Å². The summed E-state index contributed by atoms with van der Waals surface area (Å²) in [6.45, 7) is 2.59. The van der Waals surface area contributed by atoms with Gasteiger partial charge in [0.15, 0.2) is 0 Å². The predicted octanol–water partition coefficient (Wildman–Crippen LogP) is 5.19. The Morgan fingerprint density at radius 2 is 1.84 bits per heavy atom. The molecule has 31 heavy (non-hydrogen) atoms. The summed E-state index contributed by atoms with van der Waals surface area (Å²) in [6, 6.07) is 23.8. The molecule has 0 aliphatic carbocycles. The summed E-state index contributed by atoms with van der Waals surface area (Å²) < 4.78 is 6.02. The molecule has 1 heterocycles. The van der Waals surface area contributed by atoms with Gasteiger partial charge in [0.25, 0.3) is 0 Å². The molecule has 5 nitrogen and oxygen atoms in total. The number of carbonyl (C=O) groups excluding carboxylic acids is 1. The van der Waals surface area contributed by atoms with Crippen molar-refractivity contribution in [3.8, 4) is 17.0 Å². The van der Waals surface area contributed by atoms with Crippen LogP contribution >= 0.6 is 0 Å². The van der Waals surface area contributed by atoms with Gasteiger partial charge < -0.3 is 15.0 Å². The number of amides is 1. The van der Waals surface area contributed by atoms with Gasteiger partial charge in [-0.3, -0.25) is 4.79 Å². The number of para-hydroxylation sites is 1. The second-order valence-corrected chi connectivity index (χ2v) is 7.47. The van der Waals surface area contributed by atoms with E-state index >= 15 is 0 Å². The fourth-order valence-corrected chi connectivity index (χ4v) is 3.46. The lowest BCUT2D eigenvalue weighted by Gasteiger charge is -2.11. The SMILES string of the molecule is Cc1cccc(CC(=O)Nc2ccc(CCOc3ccccc3-c3cnc[nH]3)cc2)c1. The molecule has 0 radical (unpaired) electrons. The number of benzene rings is 3. The highest BCUT2D eigenvalue weighted by atomic mass is 16.5. The molecule has 1 aromatic heterocycles. The quantitative estimate of drug-likeness (QED) is 0.419. The molecule has 1 amide bonds. The van der Waals surface area contributed by atoms with Crippen LogP contribution in [-0.2, 0) is 17.6 Å². The van der Waals surface area contributed by atoms with E-state index in [-0.39, 0.29) is 5.91 Å². The maximum absolute atomic E-state index is 12.3. The molecule has 2 N–H and O–H groups in total. The van der Waals surface area contributed by atoms with Gasteiger partial charge in [0.1, 0.15) is 5.75 Å². The van der Waals surface area contributed by atoms with Gasteiger partial charge in [-0.15, -0.1) is 0 Å². The first-order valence-corrected chi connectivity index (χ1v) is 10.3. The van der Waals surface area contributed by atoms with E-state index in [1.165, 1.54) is 0 Å². The number of ether oxygens (including phenoxy) is 1. The zero-order valence-corrected chi connectivity index (χ0v) is 17.5. The number of nitrogens with one attached hydrogen (secondary N) is 2. The molecule has 0 aliphatic heterocycles. The number of H-pyrrole nitrogens is 1. The fourth-order valence-electron chi connectivity index (χ4n) is 3.46. The van der Waals surface area contributed by atoms with Crippen molar-refractivity contribution >= 4 is 11.6 Å². The van der Waals surface area contributed by atoms with Crippen molar-refractivity contribution in [3.63, 3.8) is 0 Å². The third-order valence-electron chi connectivity index (χ3n) is 5.01. The van der Waals surface area contributed by atoms with Crippen LogP contribution in [0.25, 0.3) is 11.3 Å². The van der Waals surface area contributed by atoms with E-state index in [0.29, 0.717) is 13.0 Å². The molecule has 0 atom stereocenters. The van der Waals surface area contributed by atoms with E-state index in [1.54, 1.807) is 12.5 Å². The van der Waals surface area contributed by atoms with Crippen LogP contribution in [0.3, 0.4) is 0 Å². The predicted molar refractivity (Wildman–Crippen MR) is 123 cm³/mol. The molecule has 0 bridgehead atoms. The summed E-state index contributed by atoms with van der Waals surface area (Å²) in [5.41, 5.74) is 6.04. The van der Waals surface area contributed by atoms with Gasteiger partial charge in [-0.25, -0.2) is 4.98 Å². The number of hydrogen-bond acceptors (Lipinski definition) is 3. The Labute approximate surface area is 182 Å². The molecule has 5 heteroatoms. The van der Waals surface area contributed by atoms with Crippen molar-refractivity contribution in [2.75, 3.05) is 11.9 Å². The number of aromatic amines is 1. The highest BCUT2D eigenvalue weighted by Crippen LogP contribution is 2.28. The van der Waals surface area contributed by atoms with Crippen LogP contribution in [0.1, 0.15) is 16.7 Å². The summed E-state index contributed by atoms with van der Waals surface area (Å²) >= 11 is 0. The van der Waals surface area contributed by atoms with Gasteiger partial charge in [0.05, 0.1) is 31.2 Å². The smallest absolute Gasteiger partial charge is 0.228 e. The maximum atomic E-state index is 12.3. The average Bonchev–Trinajstić information content (AvgIpc) is 3.30. The zero-order valence-electron chi connectivity index (χ0n) is 17.5. The first-order chi connectivity index (χ1) is 15.2.